The Kier molecular flexibility index (Phi) is 66.9. The molecule has 79 heavy (non-hydrogen) atoms. The van der Waals surface area contributed by atoms with Crippen molar-refractivity contribution < 1.29 is 24.5 Å². The lowest BCUT2D eigenvalue weighted by Crippen LogP contribution is -2.45. The molecule has 0 saturated heterocycles. The fourth-order valence-electron chi connectivity index (χ4n) is 11.2. The van der Waals surface area contributed by atoms with Crippen molar-refractivity contribution in [3.05, 3.63) is 36.5 Å². The highest BCUT2D eigenvalue weighted by molar-refractivity contribution is 5.76. The summed E-state index contributed by atoms with van der Waals surface area (Å²) in [6.45, 7) is 4.96. The fraction of sp³-hybridized carbons (Fsp3) is 0.890. The van der Waals surface area contributed by atoms with Crippen LogP contribution in [0.1, 0.15) is 393 Å². The highest BCUT2D eigenvalue weighted by atomic mass is 16.5. The summed E-state index contributed by atoms with van der Waals surface area (Å²) < 4.78 is 5.49. The largest absolute Gasteiger partial charge is 0.466 e. The molecule has 0 heterocycles. The van der Waals surface area contributed by atoms with Gasteiger partial charge < -0.3 is 20.3 Å². The number of aliphatic hydroxyl groups is 2. The van der Waals surface area contributed by atoms with Crippen molar-refractivity contribution in [1.82, 2.24) is 5.32 Å². The molecular formula is C73H139NO5. The molecular weight excluding hydrogens is 971 g/mol. The Balaban J connectivity index is 3.36. The van der Waals surface area contributed by atoms with E-state index in [0.717, 1.165) is 51.4 Å². The van der Waals surface area contributed by atoms with Crippen LogP contribution in [0.15, 0.2) is 36.5 Å². The van der Waals surface area contributed by atoms with Gasteiger partial charge in [0.1, 0.15) is 0 Å². The molecule has 3 N–H and O–H groups in total. The van der Waals surface area contributed by atoms with Crippen LogP contribution >= 0.6 is 0 Å². The molecule has 0 aliphatic rings. The van der Waals surface area contributed by atoms with E-state index in [2.05, 4.69) is 55.6 Å². The van der Waals surface area contributed by atoms with Gasteiger partial charge in [-0.15, -0.1) is 0 Å². The number of carbonyl (C=O) groups excluding carboxylic acids is 2. The predicted molar refractivity (Wildman–Crippen MR) is 347 cm³/mol. The Morgan fingerprint density at radius 1 is 0.354 bits per heavy atom. The number of allylic oxidation sites excluding steroid dienone is 6. The van der Waals surface area contributed by atoms with Crippen molar-refractivity contribution in [3.8, 4) is 0 Å². The highest BCUT2D eigenvalue weighted by Gasteiger charge is 2.20. The van der Waals surface area contributed by atoms with Gasteiger partial charge in [-0.1, -0.05) is 333 Å². The molecule has 0 bridgehead atoms. The molecule has 1 amide bonds. The summed E-state index contributed by atoms with van der Waals surface area (Å²) in [6.07, 6.45) is 87.7. The Hall–Kier alpha value is -1.92. The second-order valence-corrected chi connectivity index (χ2v) is 24.6. The van der Waals surface area contributed by atoms with E-state index < -0.39 is 12.1 Å². The van der Waals surface area contributed by atoms with E-state index in [0.29, 0.717) is 25.9 Å². The van der Waals surface area contributed by atoms with E-state index in [1.54, 1.807) is 0 Å². The van der Waals surface area contributed by atoms with E-state index in [9.17, 15) is 19.8 Å². The van der Waals surface area contributed by atoms with Gasteiger partial charge in [0, 0.05) is 12.8 Å². The number of carbonyl (C=O) groups is 2. The molecule has 0 radical (unpaired) electrons. The number of ether oxygens (including phenoxy) is 1. The lowest BCUT2D eigenvalue weighted by Gasteiger charge is -2.22. The zero-order valence-electron chi connectivity index (χ0n) is 53.4. The van der Waals surface area contributed by atoms with E-state index in [1.807, 2.05) is 0 Å². The maximum Gasteiger partial charge on any atom is 0.305 e. The third kappa shape index (κ3) is 65.1. The molecule has 0 spiro atoms. The second kappa shape index (κ2) is 68.6. The molecule has 466 valence electrons. The van der Waals surface area contributed by atoms with Gasteiger partial charge in [-0.05, 0) is 83.5 Å². The number of aliphatic hydroxyl groups excluding tert-OH is 2. The zero-order valence-corrected chi connectivity index (χ0v) is 53.4. The van der Waals surface area contributed by atoms with Crippen molar-refractivity contribution >= 4 is 11.9 Å². The lowest BCUT2D eigenvalue weighted by atomic mass is 10.0. The van der Waals surface area contributed by atoms with E-state index in [4.69, 9.17) is 4.74 Å². The molecule has 0 aromatic heterocycles. The maximum absolute atomic E-state index is 12.5. The van der Waals surface area contributed by atoms with Crippen LogP contribution in [-0.2, 0) is 14.3 Å². The molecule has 6 nitrogen and oxygen atoms in total. The van der Waals surface area contributed by atoms with Crippen LogP contribution in [0.5, 0.6) is 0 Å². The average molecular weight is 1110 g/mol. The van der Waals surface area contributed by atoms with Crippen LogP contribution in [0.4, 0.5) is 0 Å². The third-order valence-electron chi connectivity index (χ3n) is 16.7. The monoisotopic (exact) mass is 1110 g/mol. The van der Waals surface area contributed by atoms with Crippen LogP contribution in [0.25, 0.3) is 0 Å². The number of hydrogen-bond donors (Lipinski definition) is 3. The molecule has 0 aromatic rings. The number of amides is 1. The van der Waals surface area contributed by atoms with Crippen molar-refractivity contribution in [3.63, 3.8) is 0 Å². The fourth-order valence-corrected chi connectivity index (χ4v) is 11.2. The van der Waals surface area contributed by atoms with Crippen molar-refractivity contribution in [1.29, 1.82) is 0 Å². The molecule has 6 heteroatoms. The third-order valence-corrected chi connectivity index (χ3v) is 16.7. The molecule has 2 unspecified atom stereocenters. The number of unbranched alkanes of at least 4 members (excludes halogenated alkanes) is 50. The first-order chi connectivity index (χ1) is 39.0. The molecule has 0 saturated carbocycles. The summed E-state index contributed by atoms with van der Waals surface area (Å²) in [5.74, 6) is -0.0266. The van der Waals surface area contributed by atoms with Crippen LogP contribution in [-0.4, -0.2) is 47.4 Å². The first kappa shape index (κ1) is 77.1. The van der Waals surface area contributed by atoms with E-state index in [-0.39, 0.29) is 18.5 Å². The van der Waals surface area contributed by atoms with Crippen LogP contribution in [0, 0.1) is 0 Å². The summed E-state index contributed by atoms with van der Waals surface area (Å²) in [6, 6.07) is -0.541. The Labute approximate surface area is 494 Å². The molecule has 0 aliphatic heterocycles. The molecule has 0 rings (SSSR count). The molecule has 0 aromatic carbocycles. The quantitative estimate of drug-likeness (QED) is 0.0320. The van der Waals surface area contributed by atoms with Gasteiger partial charge in [0.2, 0.25) is 5.91 Å². The summed E-state index contributed by atoms with van der Waals surface area (Å²) in [4.78, 5) is 24.6. The first-order valence-electron chi connectivity index (χ1n) is 35.7. The zero-order chi connectivity index (χ0) is 57.1. The first-order valence-corrected chi connectivity index (χ1v) is 35.7. The van der Waals surface area contributed by atoms with Crippen molar-refractivity contribution in [2.45, 2.75) is 405 Å². The maximum atomic E-state index is 12.5. The van der Waals surface area contributed by atoms with Gasteiger partial charge in [0.15, 0.2) is 0 Å². The SMILES string of the molecule is CCCCCC/C=C\C/C=C\CCCCCCCC(=O)OCCCCCCCCCCCCCC/C=C\CCCCCCCCCCCCCCCCC(=O)NC(CO)C(O)CCCCCCCCCCCCCCCCCC. The Bertz CT molecular complexity index is 1280. The van der Waals surface area contributed by atoms with Gasteiger partial charge in [-0.2, -0.15) is 0 Å². The number of nitrogens with one attached hydrogen (secondary N) is 1. The number of rotatable bonds is 67. The number of esters is 1. The molecule has 0 aliphatic carbocycles. The van der Waals surface area contributed by atoms with Crippen LogP contribution in [0.2, 0.25) is 0 Å². The average Bonchev–Trinajstić information content (AvgIpc) is 3.45. The van der Waals surface area contributed by atoms with Gasteiger partial charge in [0.05, 0.1) is 25.4 Å². The van der Waals surface area contributed by atoms with Crippen LogP contribution in [0.3, 0.4) is 0 Å². The Morgan fingerprint density at radius 3 is 0.987 bits per heavy atom. The summed E-state index contributed by atoms with van der Waals surface area (Å²) in [5.41, 5.74) is 0. The van der Waals surface area contributed by atoms with E-state index in [1.165, 1.54) is 308 Å². The normalized spacial score (nSPS) is 12.7. The minimum Gasteiger partial charge on any atom is -0.466 e. The Morgan fingerprint density at radius 2 is 0.633 bits per heavy atom. The van der Waals surface area contributed by atoms with Crippen molar-refractivity contribution in [2.75, 3.05) is 13.2 Å². The van der Waals surface area contributed by atoms with Gasteiger partial charge in [-0.3, -0.25) is 9.59 Å². The predicted octanol–water partition coefficient (Wildman–Crippen LogP) is 23.1. The highest BCUT2D eigenvalue weighted by Crippen LogP contribution is 2.19. The van der Waals surface area contributed by atoms with Crippen molar-refractivity contribution in [2.24, 2.45) is 0 Å². The minimum absolute atomic E-state index is 0.00403. The van der Waals surface area contributed by atoms with Gasteiger partial charge in [0.25, 0.3) is 0 Å². The lowest BCUT2D eigenvalue weighted by molar-refractivity contribution is -0.143. The summed E-state index contributed by atoms with van der Waals surface area (Å²) in [7, 11) is 0. The molecule has 2 atom stereocenters. The molecule has 0 fully saturated rings. The topological polar surface area (TPSA) is 95.9 Å². The van der Waals surface area contributed by atoms with E-state index >= 15 is 0 Å². The smallest absolute Gasteiger partial charge is 0.305 e. The van der Waals surface area contributed by atoms with Gasteiger partial charge in [-0.25, -0.2) is 0 Å². The summed E-state index contributed by atoms with van der Waals surface area (Å²) >= 11 is 0. The summed E-state index contributed by atoms with van der Waals surface area (Å²) in [5, 5.41) is 23.4. The van der Waals surface area contributed by atoms with Gasteiger partial charge >= 0.3 is 5.97 Å². The second-order valence-electron chi connectivity index (χ2n) is 24.6. The van der Waals surface area contributed by atoms with Crippen LogP contribution < -0.4 is 5.32 Å². The number of hydrogen-bond acceptors (Lipinski definition) is 5. The standard InChI is InChI=1S/C73H139NO5/c1-3-5-7-9-11-13-15-17-19-37-41-45-49-53-57-61-65-71(76)70(69-75)74-72(77)66-62-58-54-50-46-42-38-35-33-31-29-27-25-23-21-22-24-26-28-30-32-34-36-40-44-48-52-56-60-64-68-79-73(78)67-63-59-55-51-47-43-39-20-18-16-14-12-10-8-6-4-2/h14,16,20,22,24,39,70-71,75-76H,3-13,15,17-19,21,23,25-38,40-69H2,1-2H3,(H,74,77)/b16-14-,24-22-,39-20-. The minimum atomic E-state index is -0.663.